The first-order chi connectivity index (χ1) is 16.5. The highest BCUT2D eigenvalue weighted by molar-refractivity contribution is 5.85. The first-order valence-corrected chi connectivity index (χ1v) is 13.2. The predicted octanol–water partition coefficient (Wildman–Crippen LogP) is 7.51. The van der Waals surface area contributed by atoms with Crippen molar-refractivity contribution in [3.8, 4) is 0 Å². The van der Waals surface area contributed by atoms with Crippen LogP contribution in [0.15, 0.2) is 48.6 Å². The molecule has 0 atom stereocenters. The zero-order chi connectivity index (χ0) is 26.0. The van der Waals surface area contributed by atoms with Gasteiger partial charge in [0.1, 0.15) is 0 Å². The lowest BCUT2D eigenvalue weighted by atomic mass is 9.66. The highest BCUT2D eigenvalue weighted by Crippen LogP contribution is 2.56. The van der Waals surface area contributed by atoms with Crippen LogP contribution in [0.1, 0.15) is 108 Å². The summed E-state index contributed by atoms with van der Waals surface area (Å²) in [5.41, 5.74) is 8.15. The maximum Gasteiger partial charge on any atom is 0.229 e. The highest BCUT2D eigenvalue weighted by atomic mass is 16.2. The predicted molar refractivity (Wildman–Crippen MR) is 146 cm³/mol. The number of aryl methyl sites for hydroxylation is 1. The number of carbonyl (C=O) groups excluding carboxylic acids is 2. The smallest absolute Gasteiger partial charge is 0.229 e. The van der Waals surface area contributed by atoms with Crippen molar-refractivity contribution in [2.24, 2.45) is 0 Å². The molecular formula is C32H43NO2. The van der Waals surface area contributed by atoms with E-state index >= 15 is 0 Å². The molecule has 3 heteroatoms. The van der Waals surface area contributed by atoms with Crippen LogP contribution in [0.5, 0.6) is 0 Å². The van der Waals surface area contributed by atoms with Gasteiger partial charge in [-0.2, -0.15) is 0 Å². The summed E-state index contributed by atoms with van der Waals surface area (Å²) in [5, 5.41) is 0. The average Bonchev–Trinajstić information content (AvgIpc) is 3.64. The fourth-order valence-electron chi connectivity index (χ4n) is 5.39. The molecule has 0 heterocycles. The summed E-state index contributed by atoms with van der Waals surface area (Å²) in [7, 11) is 0. The molecule has 0 N–H and O–H groups in total. The molecule has 188 valence electrons. The highest BCUT2D eigenvalue weighted by Gasteiger charge is 2.47. The fraction of sp³-hybridized carbons (Fsp3) is 0.500. The molecule has 1 saturated carbocycles. The Labute approximate surface area is 212 Å². The Morgan fingerprint density at radius 2 is 1.46 bits per heavy atom. The maximum atomic E-state index is 12.1. The third-order valence-corrected chi connectivity index (χ3v) is 7.71. The molecule has 1 fully saturated rings. The molecule has 2 aromatic carbocycles. The van der Waals surface area contributed by atoms with E-state index in [2.05, 4.69) is 83.2 Å². The second-order valence-electron chi connectivity index (χ2n) is 11.1. The summed E-state index contributed by atoms with van der Waals surface area (Å²) < 4.78 is 0. The van der Waals surface area contributed by atoms with E-state index in [1.54, 1.807) is 0 Å². The summed E-state index contributed by atoms with van der Waals surface area (Å²) in [6.45, 7) is 17.8. The lowest BCUT2D eigenvalue weighted by Gasteiger charge is -2.38. The Hall–Kier alpha value is -2.68. The Morgan fingerprint density at radius 1 is 0.914 bits per heavy atom. The third-order valence-electron chi connectivity index (χ3n) is 7.71. The van der Waals surface area contributed by atoms with Crippen LogP contribution in [0.4, 0.5) is 0 Å². The lowest BCUT2D eigenvalue weighted by Crippen LogP contribution is -2.30. The first-order valence-electron chi connectivity index (χ1n) is 13.2. The second kappa shape index (κ2) is 10.1. The lowest BCUT2D eigenvalue weighted by molar-refractivity contribution is -0.138. The molecule has 3 nitrogen and oxygen atoms in total. The molecule has 0 saturated heterocycles. The molecule has 0 aliphatic heterocycles. The number of nitrogens with zero attached hydrogens (tertiary/aromatic N) is 1. The fourth-order valence-corrected chi connectivity index (χ4v) is 5.39. The van der Waals surface area contributed by atoms with Crippen molar-refractivity contribution in [1.29, 1.82) is 0 Å². The van der Waals surface area contributed by atoms with E-state index in [0.29, 0.717) is 19.4 Å². The summed E-state index contributed by atoms with van der Waals surface area (Å²) in [4.78, 5) is 24.8. The topological polar surface area (TPSA) is 37.4 Å². The van der Waals surface area contributed by atoms with Crippen LogP contribution in [0.25, 0.3) is 0 Å². The van der Waals surface area contributed by atoms with Crippen LogP contribution in [0.3, 0.4) is 0 Å². The van der Waals surface area contributed by atoms with E-state index < -0.39 is 0 Å². The summed E-state index contributed by atoms with van der Waals surface area (Å²) in [6.07, 6.45) is 8.83. The van der Waals surface area contributed by atoms with Crippen molar-refractivity contribution in [3.05, 3.63) is 81.9 Å². The minimum Gasteiger partial charge on any atom is -0.281 e. The molecule has 2 amide bonds. The number of fused-ring (bicyclic) bond motifs is 1. The number of carbonyl (C=O) groups is 2. The van der Waals surface area contributed by atoms with Crippen molar-refractivity contribution in [2.45, 2.75) is 104 Å². The van der Waals surface area contributed by atoms with Crippen LogP contribution in [0.2, 0.25) is 0 Å². The Balaban J connectivity index is 0.00000167. The van der Waals surface area contributed by atoms with Crippen molar-refractivity contribution in [2.75, 3.05) is 0 Å². The summed E-state index contributed by atoms with van der Waals surface area (Å²) in [6, 6.07) is 13.5. The van der Waals surface area contributed by atoms with Crippen molar-refractivity contribution >= 4 is 12.3 Å². The molecule has 2 aliphatic rings. The van der Waals surface area contributed by atoms with Crippen LogP contribution >= 0.6 is 0 Å². The molecule has 2 aliphatic carbocycles. The van der Waals surface area contributed by atoms with Gasteiger partial charge in [0.25, 0.3) is 0 Å². The monoisotopic (exact) mass is 473 g/mol. The quantitative estimate of drug-likeness (QED) is 0.308. The zero-order valence-corrected chi connectivity index (χ0v) is 23.0. The largest absolute Gasteiger partial charge is 0.281 e. The van der Waals surface area contributed by atoms with Crippen LogP contribution in [0, 0.1) is 6.92 Å². The van der Waals surface area contributed by atoms with Crippen LogP contribution < -0.4 is 0 Å². The number of amides is 2. The molecular weight excluding hydrogens is 430 g/mol. The van der Waals surface area contributed by atoms with E-state index in [4.69, 9.17) is 0 Å². The summed E-state index contributed by atoms with van der Waals surface area (Å²) in [5.74, 6) is -0.112. The van der Waals surface area contributed by atoms with Crippen molar-refractivity contribution in [3.63, 3.8) is 0 Å². The van der Waals surface area contributed by atoms with Gasteiger partial charge >= 0.3 is 0 Å². The van der Waals surface area contributed by atoms with Gasteiger partial charge in [-0.25, -0.2) is 0 Å². The Bertz CT molecular complexity index is 1100. The van der Waals surface area contributed by atoms with Crippen LogP contribution in [-0.4, -0.2) is 17.2 Å². The van der Waals surface area contributed by atoms with Gasteiger partial charge in [0.05, 0.1) is 6.54 Å². The standard InChI is InChI=1S/C30H37NO2.C2H6/c1-7-8-27(33)31(20-32)19-22-9-11-23(12-10-22)30(15-16-30)24-18-26-25(17-21(24)2)28(3,4)13-14-29(26,5)6;1-2/h9-14,17-18,20H,7-8,15-16,19H2,1-6H3;1-2H3. The van der Waals surface area contributed by atoms with Gasteiger partial charge < -0.3 is 0 Å². The SMILES string of the molecule is CC.CCCC(=O)N(C=O)Cc1ccc(C2(c3cc4c(cc3C)C(C)(C)C=CC4(C)C)CC2)cc1. The minimum absolute atomic E-state index is 0.0244. The van der Waals surface area contributed by atoms with Gasteiger partial charge in [0, 0.05) is 22.7 Å². The van der Waals surface area contributed by atoms with Gasteiger partial charge in [-0.05, 0) is 59.6 Å². The molecule has 0 bridgehead atoms. The van der Waals surface area contributed by atoms with Gasteiger partial charge in [-0.3, -0.25) is 14.5 Å². The Kier molecular flexibility index (Phi) is 7.79. The summed E-state index contributed by atoms with van der Waals surface area (Å²) >= 11 is 0. The van der Waals surface area contributed by atoms with Gasteiger partial charge in [0.15, 0.2) is 0 Å². The molecule has 35 heavy (non-hydrogen) atoms. The average molecular weight is 474 g/mol. The van der Waals surface area contributed by atoms with Gasteiger partial charge in [-0.1, -0.05) is 97.0 Å². The third kappa shape index (κ3) is 5.15. The molecule has 0 unspecified atom stereocenters. The molecule has 4 rings (SSSR count). The van der Waals surface area contributed by atoms with E-state index in [1.165, 1.54) is 32.7 Å². The van der Waals surface area contributed by atoms with Crippen molar-refractivity contribution in [1.82, 2.24) is 4.90 Å². The number of allylic oxidation sites excluding steroid dienone is 2. The van der Waals surface area contributed by atoms with E-state index in [0.717, 1.165) is 24.8 Å². The second-order valence-corrected chi connectivity index (χ2v) is 11.1. The van der Waals surface area contributed by atoms with Gasteiger partial charge in [0.2, 0.25) is 12.3 Å². The normalized spacial score (nSPS) is 18.1. The number of imide groups is 1. The number of benzene rings is 2. The maximum absolute atomic E-state index is 12.1. The van der Waals surface area contributed by atoms with Crippen molar-refractivity contribution < 1.29 is 9.59 Å². The first kappa shape index (κ1) is 26.9. The van der Waals surface area contributed by atoms with E-state index in [-0.39, 0.29) is 22.2 Å². The minimum atomic E-state index is -0.112. The van der Waals surface area contributed by atoms with E-state index in [1.807, 2.05) is 20.8 Å². The number of hydrogen-bond donors (Lipinski definition) is 0. The Morgan fingerprint density at radius 3 is 1.94 bits per heavy atom. The zero-order valence-electron chi connectivity index (χ0n) is 23.0. The number of hydrogen-bond acceptors (Lipinski definition) is 2. The molecule has 0 spiro atoms. The van der Waals surface area contributed by atoms with Gasteiger partial charge in [-0.15, -0.1) is 0 Å². The molecule has 0 aromatic heterocycles. The number of rotatable bonds is 7. The molecule has 0 radical (unpaired) electrons. The molecule has 2 aromatic rings. The van der Waals surface area contributed by atoms with Crippen LogP contribution in [-0.2, 0) is 32.4 Å². The van der Waals surface area contributed by atoms with E-state index in [9.17, 15) is 9.59 Å².